The van der Waals surface area contributed by atoms with Crippen LogP contribution in [0, 0.1) is 17.5 Å². The van der Waals surface area contributed by atoms with Crippen molar-refractivity contribution in [3.05, 3.63) is 59.4 Å². The topological polar surface area (TPSA) is 49.3 Å². The molecule has 0 atom stereocenters. The van der Waals surface area contributed by atoms with Crippen LogP contribution in [-0.4, -0.2) is 11.0 Å². The first kappa shape index (κ1) is 13.9. The first-order valence-electron chi connectivity index (χ1n) is 5.68. The van der Waals surface area contributed by atoms with Gasteiger partial charge >= 0.3 is 0 Å². The number of anilines is 1. The van der Waals surface area contributed by atoms with Crippen molar-refractivity contribution in [3.63, 3.8) is 0 Å². The van der Waals surface area contributed by atoms with Gasteiger partial charge in [0.1, 0.15) is 11.6 Å². The van der Waals surface area contributed by atoms with E-state index in [4.69, 9.17) is 0 Å². The lowest BCUT2D eigenvalue weighted by Crippen LogP contribution is -2.15. The van der Waals surface area contributed by atoms with E-state index in [1.165, 1.54) is 12.1 Å². The van der Waals surface area contributed by atoms with Crippen molar-refractivity contribution in [3.8, 4) is 5.75 Å². The molecule has 0 saturated carbocycles. The van der Waals surface area contributed by atoms with Crippen molar-refractivity contribution >= 4 is 11.6 Å². The van der Waals surface area contributed by atoms with Crippen molar-refractivity contribution in [1.29, 1.82) is 0 Å². The summed E-state index contributed by atoms with van der Waals surface area (Å²) in [6.07, 6.45) is -0.217. The molecule has 2 aromatic rings. The number of para-hydroxylation sites is 1. The van der Waals surface area contributed by atoms with E-state index in [2.05, 4.69) is 5.32 Å². The molecule has 2 N–H and O–H groups in total. The number of nitrogens with one attached hydrogen (secondary N) is 1. The van der Waals surface area contributed by atoms with E-state index < -0.39 is 29.0 Å². The van der Waals surface area contributed by atoms with Gasteiger partial charge in [0.25, 0.3) is 0 Å². The molecule has 0 aliphatic heterocycles. The molecule has 20 heavy (non-hydrogen) atoms. The van der Waals surface area contributed by atoms with E-state index in [-0.39, 0.29) is 12.2 Å². The van der Waals surface area contributed by atoms with Crippen molar-refractivity contribution in [2.24, 2.45) is 0 Å². The molecule has 1 amide bonds. The molecule has 0 radical (unpaired) electrons. The second-order valence-electron chi connectivity index (χ2n) is 4.10. The SMILES string of the molecule is O=C(Cc1ccccc1O)Nc1cc(F)c(F)cc1F. The third kappa shape index (κ3) is 3.09. The standard InChI is InChI=1S/C14H10F3NO2/c15-9-6-11(17)12(7-10(9)16)18-14(20)5-8-3-1-2-4-13(8)19/h1-4,6-7,19H,5H2,(H,18,20). The Morgan fingerprint density at radius 3 is 2.40 bits per heavy atom. The largest absolute Gasteiger partial charge is 0.508 e. The summed E-state index contributed by atoms with van der Waals surface area (Å²) in [5.74, 6) is -4.40. The predicted octanol–water partition coefficient (Wildman–Crippen LogP) is 2.99. The van der Waals surface area contributed by atoms with Crippen LogP contribution in [0.1, 0.15) is 5.56 Å². The van der Waals surface area contributed by atoms with Crippen LogP contribution in [0.3, 0.4) is 0 Å². The molecule has 0 aromatic heterocycles. The Morgan fingerprint density at radius 2 is 1.70 bits per heavy atom. The minimum atomic E-state index is -1.33. The number of phenols is 1. The molecule has 0 unspecified atom stereocenters. The minimum Gasteiger partial charge on any atom is -0.508 e. The van der Waals surface area contributed by atoms with Crippen LogP contribution >= 0.6 is 0 Å². The summed E-state index contributed by atoms with van der Waals surface area (Å²) in [4.78, 5) is 11.7. The van der Waals surface area contributed by atoms with E-state index >= 15 is 0 Å². The van der Waals surface area contributed by atoms with Gasteiger partial charge in [-0.3, -0.25) is 4.79 Å². The van der Waals surface area contributed by atoms with Crippen molar-refractivity contribution in [2.75, 3.05) is 5.32 Å². The molecule has 2 aromatic carbocycles. The number of carbonyl (C=O) groups is 1. The Labute approximate surface area is 112 Å². The van der Waals surface area contributed by atoms with Gasteiger partial charge in [-0.2, -0.15) is 0 Å². The normalized spacial score (nSPS) is 10.3. The fraction of sp³-hybridized carbons (Fsp3) is 0.0714. The fourth-order valence-corrected chi connectivity index (χ4v) is 1.65. The molecule has 104 valence electrons. The van der Waals surface area contributed by atoms with Crippen LogP contribution in [0.25, 0.3) is 0 Å². The van der Waals surface area contributed by atoms with E-state index in [9.17, 15) is 23.1 Å². The van der Waals surface area contributed by atoms with Gasteiger partial charge in [-0.05, 0) is 6.07 Å². The number of halogens is 3. The zero-order valence-corrected chi connectivity index (χ0v) is 10.2. The number of carbonyl (C=O) groups excluding carboxylic acids is 1. The van der Waals surface area contributed by atoms with Crippen molar-refractivity contribution < 1.29 is 23.1 Å². The predicted molar refractivity (Wildman–Crippen MR) is 66.8 cm³/mol. The maximum Gasteiger partial charge on any atom is 0.229 e. The Morgan fingerprint density at radius 1 is 1.05 bits per heavy atom. The number of hydrogen-bond donors (Lipinski definition) is 2. The van der Waals surface area contributed by atoms with E-state index in [0.717, 1.165) is 0 Å². The summed E-state index contributed by atoms with van der Waals surface area (Å²) in [5, 5.41) is 11.6. The van der Waals surface area contributed by atoms with Gasteiger partial charge in [-0.1, -0.05) is 18.2 Å². The summed E-state index contributed by atoms with van der Waals surface area (Å²) in [6, 6.07) is 7.06. The summed E-state index contributed by atoms with van der Waals surface area (Å²) in [7, 11) is 0. The molecule has 2 rings (SSSR count). The number of phenolic OH excluding ortho intramolecular Hbond substituents is 1. The van der Waals surface area contributed by atoms with Gasteiger partial charge < -0.3 is 10.4 Å². The second-order valence-corrected chi connectivity index (χ2v) is 4.10. The van der Waals surface area contributed by atoms with Crippen molar-refractivity contribution in [2.45, 2.75) is 6.42 Å². The van der Waals surface area contributed by atoms with Crippen LogP contribution < -0.4 is 5.32 Å². The van der Waals surface area contributed by atoms with Crippen LogP contribution in [0.2, 0.25) is 0 Å². The van der Waals surface area contributed by atoms with Crippen LogP contribution in [-0.2, 0) is 11.2 Å². The molecule has 0 bridgehead atoms. The summed E-state index contributed by atoms with van der Waals surface area (Å²) in [6.45, 7) is 0. The fourth-order valence-electron chi connectivity index (χ4n) is 1.65. The summed E-state index contributed by atoms with van der Waals surface area (Å²) in [5.41, 5.74) is -0.114. The Bertz CT molecular complexity index is 659. The van der Waals surface area contributed by atoms with Crippen LogP contribution in [0.15, 0.2) is 36.4 Å². The first-order valence-corrected chi connectivity index (χ1v) is 5.68. The van der Waals surface area contributed by atoms with Gasteiger partial charge in [0, 0.05) is 17.7 Å². The maximum absolute atomic E-state index is 13.3. The lowest BCUT2D eigenvalue weighted by Gasteiger charge is -2.08. The molecule has 0 aliphatic carbocycles. The average molecular weight is 281 g/mol. The second kappa shape index (κ2) is 5.64. The van der Waals surface area contributed by atoms with Gasteiger partial charge in [0.15, 0.2) is 11.6 Å². The Kier molecular flexibility index (Phi) is 3.93. The highest BCUT2D eigenvalue weighted by Gasteiger charge is 2.13. The number of rotatable bonds is 3. The first-order chi connectivity index (χ1) is 9.47. The van der Waals surface area contributed by atoms with Gasteiger partial charge in [-0.25, -0.2) is 13.2 Å². The van der Waals surface area contributed by atoms with Gasteiger partial charge in [0.2, 0.25) is 5.91 Å². The zero-order chi connectivity index (χ0) is 14.7. The molecule has 0 fully saturated rings. The van der Waals surface area contributed by atoms with E-state index in [1.807, 2.05) is 0 Å². The lowest BCUT2D eigenvalue weighted by atomic mass is 10.1. The summed E-state index contributed by atoms with van der Waals surface area (Å²) < 4.78 is 39.0. The number of hydrogen-bond acceptors (Lipinski definition) is 2. The van der Waals surface area contributed by atoms with Gasteiger partial charge in [0.05, 0.1) is 12.1 Å². The maximum atomic E-state index is 13.3. The molecular weight excluding hydrogens is 271 g/mol. The molecule has 0 saturated heterocycles. The monoisotopic (exact) mass is 281 g/mol. The number of aromatic hydroxyl groups is 1. The highest BCUT2D eigenvalue weighted by Crippen LogP contribution is 2.20. The molecule has 3 nitrogen and oxygen atoms in total. The minimum absolute atomic E-state index is 0.0755. The lowest BCUT2D eigenvalue weighted by molar-refractivity contribution is -0.115. The van der Waals surface area contributed by atoms with E-state index in [1.54, 1.807) is 12.1 Å². The number of benzene rings is 2. The Balaban J connectivity index is 2.13. The zero-order valence-electron chi connectivity index (χ0n) is 10.2. The molecule has 0 aliphatic rings. The number of amides is 1. The third-order valence-electron chi connectivity index (χ3n) is 2.63. The average Bonchev–Trinajstić information content (AvgIpc) is 2.39. The molecule has 0 heterocycles. The Hall–Kier alpha value is -2.50. The molecular formula is C14H10F3NO2. The molecule has 6 heteroatoms. The van der Waals surface area contributed by atoms with E-state index in [0.29, 0.717) is 17.7 Å². The van der Waals surface area contributed by atoms with Crippen molar-refractivity contribution in [1.82, 2.24) is 0 Å². The van der Waals surface area contributed by atoms with Gasteiger partial charge in [-0.15, -0.1) is 0 Å². The highest BCUT2D eigenvalue weighted by molar-refractivity contribution is 5.92. The summed E-state index contributed by atoms with van der Waals surface area (Å²) >= 11 is 0. The highest BCUT2D eigenvalue weighted by atomic mass is 19.2. The van der Waals surface area contributed by atoms with Crippen LogP contribution in [0.5, 0.6) is 5.75 Å². The quantitative estimate of drug-likeness (QED) is 0.850. The third-order valence-corrected chi connectivity index (χ3v) is 2.63. The molecule has 0 spiro atoms. The smallest absolute Gasteiger partial charge is 0.229 e. The van der Waals surface area contributed by atoms with Crippen LogP contribution in [0.4, 0.5) is 18.9 Å².